The molecular weight excluding hydrogens is 228 g/mol. The van der Waals surface area contributed by atoms with Crippen molar-refractivity contribution >= 4 is 11.7 Å². The van der Waals surface area contributed by atoms with Gasteiger partial charge in [0.2, 0.25) is 0 Å². The predicted molar refractivity (Wildman–Crippen MR) is 71.8 cm³/mol. The summed E-state index contributed by atoms with van der Waals surface area (Å²) in [6.07, 6.45) is 4.36. The molecule has 0 bridgehead atoms. The first kappa shape index (κ1) is 12.7. The van der Waals surface area contributed by atoms with Crippen molar-refractivity contribution in [3.05, 3.63) is 24.3 Å². The molecule has 2 amide bonds. The van der Waals surface area contributed by atoms with Gasteiger partial charge in [0, 0.05) is 24.3 Å². The van der Waals surface area contributed by atoms with Gasteiger partial charge in [0.25, 0.3) is 0 Å². The third kappa shape index (κ3) is 2.94. The minimum Gasteiger partial charge on any atom is -0.508 e. The summed E-state index contributed by atoms with van der Waals surface area (Å²) in [4.78, 5) is 14.1. The summed E-state index contributed by atoms with van der Waals surface area (Å²) in [6, 6.07) is 6.93. The second-order valence-electron chi connectivity index (χ2n) is 4.73. The van der Waals surface area contributed by atoms with Crippen molar-refractivity contribution in [3.8, 4) is 5.75 Å². The average Bonchev–Trinajstić information content (AvgIpc) is 2.38. The van der Waals surface area contributed by atoms with Gasteiger partial charge in [0.15, 0.2) is 0 Å². The maximum Gasteiger partial charge on any atom is 0.322 e. The Hall–Kier alpha value is -1.71. The zero-order valence-electron chi connectivity index (χ0n) is 10.7. The fourth-order valence-electron chi connectivity index (χ4n) is 2.47. The second-order valence-corrected chi connectivity index (χ2v) is 4.73. The lowest BCUT2D eigenvalue weighted by molar-refractivity contribution is 0.160. The van der Waals surface area contributed by atoms with Crippen LogP contribution in [0.3, 0.4) is 0 Å². The number of carbonyl (C=O) groups excluding carboxylic acids is 1. The van der Waals surface area contributed by atoms with Crippen LogP contribution in [-0.4, -0.2) is 28.6 Å². The van der Waals surface area contributed by atoms with Crippen molar-refractivity contribution in [1.29, 1.82) is 0 Å². The summed E-state index contributed by atoms with van der Waals surface area (Å²) in [5.41, 5.74) is 0.639. The Morgan fingerprint density at radius 3 is 3.06 bits per heavy atom. The fraction of sp³-hybridized carbons (Fsp3) is 0.500. The minimum atomic E-state index is -0.0628. The van der Waals surface area contributed by atoms with Gasteiger partial charge in [-0.15, -0.1) is 0 Å². The number of hydrogen-bond acceptors (Lipinski definition) is 2. The SMILES string of the molecule is CCC1CCCCN1C(=O)Nc1cccc(O)c1. The lowest BCUT2D eigenvalue weighted by Gasteiger charge is -2.35. The van der Waals surface area contributed by atoms with Crippen LogP contribution >= 0.6 is 0 Å². The van der Waals surface area contributed by atoms with E-state index in [1.807, 2.05) is 4.90 Å². The lowest BCUT2D eigenvalue weighted by atomic mass is 10.0. The maximum absolute atomic E-state index is 12.2. The Labute approximate surface area is 108 Å². The molecule has 4 nitrogen and oxygen atoms in total. The number of urea groups is 1. The van der Waals surface area contributed by atoms with Crippen LogP contribution in [-0.2, 0) is 0 Å². The van der Waals surface area contributed by atoms with Gasteiger partial charge >= 0.3 is 6.03 Å². The van der Waals surface area contributed by atoms with E-state index in [0.29, 0.717) is 11.7 Å². The molecule has 1 aliphatic rings. The van der Waals surface area contributed by atoms with Gasteiger partial charge in [0.1, 0.15) is 5.75 Å². The molecule has 1 aromatic rings. The van der Waals surface area contributed by atoms with E-state index in [-0.39, 0.29) is 11.8 Å². The number of carbonyl (C=O) groups is 1. The van der Waals surface area contributed by atoms with Gasteiger partial charge in [-0.05, 0) is 37.8 Å². The van der Waals surface area contributed by atoms with Crippen LogP contribution in [0.15, 0.2) is 24.3 Å². The Bertz CT molecular complexity index is 420. The third-order valence-electron chi connectivity index (χ3n) is 3.46. The first-order chi connectivity index (χ1) is 8.70. The van der Waals surface area contributed by atoms with Gasteiger partial charge in [0.05, 0.1) is 0 Å². The molecular formula is C14H20N2O2. The van der Waals surface area contributed by atoms with E-state index in [0.717, 1.165) is 25.8 Å². The number of benzene rings is 1. The molecule has 0 spiro atoms. The van der Waals surface area contributed by atoms with Crippen LogP contribution in [0.2, 0.25) is 0 Å². The summed E-state index contributed by atoms with van der Waals surface area (Å²) < 4.78 is 0. The Morgan fingerprint density at radius 1 is 1.50 bits per heavy atom. The molecule has 1 saturated heterocycles. The molecule has 1 unspecified atom stereocenters. The molecule has 1 atom stereocenters. The molecule has 1 aromatic carbocycles. The van der Waals surface area contributed by atoms with Crippen LogP contribution in [0.1, 0.15) is 32.6 Å². The number of hydrogen-bond donors (Lipinski definition) is 2. The van der Waals surface area contributed by atoms with Crippen molar-refractivity contribution in [2.24, 2.45) is 0 Å². The number of nitrogens with one attached hydrogen (secondary N) is 1. The van der Waals surface area contributed by atoms with Crippen LogP contribution in [0, 0.1) is 0 Å². The molecule has 2 N–H and O–H groups in total. The number of piperidine rings is 1. The minimum absolute atomic E-state index is 0.0628. The lowest BCUT2D eigenvalue weighted by Crippen LogP contribution is -2.45. The Kier molecular flexibility index (Phi) is 4.07. The number of likely N-dealkylation sites (tertiary alicyclic amines) is 1. The fourth-order valence-corrected chi connectivity index (χ4v) is 2.47. The highest BCUT2D eigenvalue weighted by Crippen LogP contribution is 2.21. The van der Waals surface area contributed by atoms with Gasteiger partial charge in [-0.25, -0.2) is 4.79 Å². The Morgan fingerprint density at radius 2 is 2.33 bits per heavy atom. The van der Waals surface area contributed by atoms with Crippen molar-refractivity contribution in [2.75, 3.05) is 11.9 Å². The molecule has 1 heterocycles. The second kappa shape index (κ2) is 5.76. The van der Waals surface area contributed by atoms with Crippen LogP contribution in [0.4, 0.5) is 10.5 Å². The van der Waals surface area contributed by atoms with Crippen molar-refractivity contribution in [2.45, 2.75) is 38.6 Å². The number of aromatic hydroxyl groups is 1. The first-order valence-electron chi connectivity index (χ1n) is 6.57. The molecule has 0 aromatic heterocycles. The van der Waals surface area contributed by atoms with Gasteiger partial charge < -0.3 is 15.3 Å². The number of rotatable bonds is 2. The zero-order chi connectivity index (χ0) is 13.0. The van der Waals surface area contributed by atoms with E-state index in [1.165, 1.54) is 6.42 Å². The molecule has 1 fully saturated rings. The van der Waals surface area contributed by atoms with E-state index in [1.54, 1.807) is 24.3 Å². The molecule has 0 saturated carbocycles. The quantitative estimate of drug-likeness (QED) is 0.844. The van der Waals surface area contributed by atoms with Crippen LogP contribution < -0.4 is 5.32 Å². The summed E-state index contributed by atoms with van der Waals surface area (Å²) in [6.45, 7) is 2.94. The normalized spacial score (nSPS) is 19.6. The number of amides is 2. The smallest absolute Gasteiger partial charge is 0.322 e. The monoisotopic (exact) mass is 248 g/mol. The summed E-state index contributed by atoms with van der Waals surface area (Å²) in [5, 5.41) is 12.2. The van der Waals surface area contributed by atoms with Crippen LogP contribution in [0.5, 0.6) is 5.75 Å². The standard InChI is InChI=1S/C14H20N2O2/c1-2-12-7-3-4-9-16(12)14(18)15-11-6-5-8-13(17)10-11/h5-6,8,10,12,17H,2-4,7,9H2,1H3,(H,15,18). The van der Waals surface area contributed by atoms with E-state index >= 15 is 0 Å². The summed E-state index contributed by atoms with van der Waals surface area (Å²) >= 11 is 0. The highest BCUT2D eigenvalue weighted by molar-refractivity contribution is 5.89. The highest BCUT2D eigenvalue weighted by atomic mass is 16.3. The topological polar surface area (TPSA) is 52.6 Å². The van der Waals surface area contributed by atoms with E-state index < -0.39 is 0 Å². The van der Waals surface area contributed by atoms with Crippen molar-refractivity contribution in [1.82, 2.24) is 4.90 Å². The third-order valence-corrected chi connectivity index (χ3v) is 3.46. The first-order valence-corrected chi connectivity index (χ1v) is 6.57. The van der Waals surface area contributed by atoms with E-state index in [4.69, 9.17) is 0 Å². The average molecular weight is 248 g/mol. The molecule has 4 heteroatoms. The maximum atomic E-state index is 12.2. The van der Waals surface area contributed by atoms with E-state index in [2.05, 4.69) is 12.2 Å². The Balaban J connectivity index is 2.02. The molecule has 18 heavy (non-hydrogen) atoms. The molecule has 0 radical (unpaired) electrons. The number of phenols is 1. The van der Waals surface area contributed by atoms with Crippen molar-refractivity contribution < 1.29 is 9.90 Å². The predicted octanol–water partition coefficient (Wildman–Crippen LogP) is 3.19. The molecule has 98 valence electrons. The number of nitrogens with zero attached hydrogens (tertiary/aromatic N) is 1. The van der Waals surface area contributed by atoms with E-state index in [9.17, 15) is 9.90 Å². The molecule has 0 aliphatic carbocycles. The highest BCUT2D eigenvalue weighted by Gasteiger charge is 2.25. The van der Waals surface area contributed by atoms with Gasteiger partial charge in [-0.3, -0.25) is 0 Å². The number of anilines is 1. The van der Waals surface area contributed by atoms with Gasteiger partial charge in [-0.1, -0.05) is 13.0 Å². The molecule has 2 rings (SSSR count). The van der Waals surface area contributed by atoms with Gasteiger partial charge in [-0.2, -0.15) is 0 Å². The van der Waals surface area contributed by atoms with Crippen LogP contribution in [0.25, 0.3) is 0 Å². The molecule has 1 aliphatic heterocycles. The van der Waals surface area contributed by atoms with Crippen molar-refractivity contribution in [3.63, 3.8) is 0 Å². The zero-order valence-corrected chi connectivity index (χ0v) is 10.7. The number of phenolic OH excluding ortho intramolecular Hbond substituents is 1. The largest absolute Gasteiger partial charge is 0.508 e. The summed E-state index contributed by atoms with van der Waals surface area (Å²) in [5.74, 6) is 0.165. The summed E-state index contributed by atoms with van der Waals surface area (Å²) in [7, 11) is 0.